The summed E-state index contributed by atoms with van der Waals surface area (Å²) in [6, 6.07) is 0. The van der Waals surface area contributed by atoms with Crippen LogP contribution < -0.4 is 22.3 Å². The molecule has 0 bridgehead atoms. The second kappa shape index (κ2) is 25.6. The largest absolute Gasteiger partial charge is 2.00 e. The average Bonchev–Trinajstić information content (AvgIpc) is 2.16. The summed E-state index contributed by atoms with van der Waals surface area (Å²) >= 11 is 6.99. The molecule has 0 saturated heterocycles. The normalized spacial score (nSPS) is 6.53. The van der Waals surface area contributed by atoms with E-state index in [1.54, 1.807) is 0 Å². The van der Waals surface area contributed by atoms with Gasteiger partial charge in [0.2, 0.25) is 0 Å². The third-order valence-electron chi connectivity index (χ3n) is 0.256. The van der Waals surface area contributed by atoms with Crippen molar-refractivity contribution in [3.05, 3.63) is 31.9 Å². The third kappa shape index (κ3) is 458. The van der Waals surface area contributed by atoms with Gasteiger partial charge in [0, 0.05) is 0 Å². The minimum Gasteiger partial charge on any atom is -0.603 e. The number of hydrogen-bond donors (Lipinski definition) is 6. The molecule has 0 aromatic rings. The Bertz CT molecular complexity index is 232. The van der Waals surface area contributed by atoms with Gasteiger partial charge in [-0.3, -0.25) is 0 Å². The van der Waals surface area contributed by atoms with Gasteiger partial charge >= 0.3 is 16.8 Å². The van der Waals surface area contributed by atoms with Gasteiger partial charge in [-0.15, -0.1) is 20.2 Å². The van der Waals surface area contributed by atoms with Crippen LogP contribution in [0.15, 0.2) is 0 Å². The summed E-state index contributed by atoms with van der Waals surface area (Å²) in [5.41, 5.74) is 13.2. The van der Waals surface area contributed by atoms with Crippen LogP contribution in [0.25, 0.3) is 11.7 Å². The third-order valence-corrected chi connectivity index (χ3v) is 0.480. The topological polar surface area (TPSA) is 250 Å². The maximum absolute atomic E-state index is 8.36. The number of rotatable bonds is 0. The summed E-state index contributed by atoms with van der Waals surface area (Å²) < 4.78 is 0. The van der Waals surface area contributed by atoms with Crippen LogP contribution in [0.2, 0.25) is 0 Å². The van der Waals surface area contributed by atoms with Crippen LogP contribution in [0.1, 0.15) is 0 Å². The Balaban J connectivity index is -0.0000000453. The molecule has 0 aliphatic rings. The van der Waals surface area contributed by atoms with Gasteiger partial charge in [0.25, 0.3) is 20.4 Å². The Kier molecular flexibility index (Phi) is 41.4. The Morgan fingerprint density at radius 2 is 1.05 bits per heavy atom. The molecule has 0 unspecified atom stereocenters. The average molecular weight is 367 g/mol. The molecular formula is C2H12CoN8O6S2+2. The molecule has 17 heteroatoms. The van der Waals surface area contributed by atoms with E-state index in [9.17, 15) is 0 Å². The van der Waals surface area contributed by atoms with Crippen molar-refractivity contribution in [2.45, 2.75) is 0 Å². The monoisotopic (exact) mass is 367 g/mol. The van der Waals surface area contributed by atoms with E-state index in [4.69, 9.17) is 53.8 Å². The number of thiol groups is 2. The minimum absolute atomic E-state index is 0. The number of hydrogen-bond acceptors (Lipinski definition) is 4. The van der Waals surface area contributed by atoms with E-state index in [-0.39, 0.29) is 27.0 Å². The van der Waals surface area contributed by atoms with Gasteiger partial charge in [-0.25, -0.2) is 11.5 Å². The van der Waals surface area contributed by atoms with Crippen molar-refractivity contribution < 1.29 is 37.4 Å². The van der Waals surface area contributed by atoms with Gasteiger partial charge in [0.1, 0.15) is 0 Å². The minimum atomic E-state index is -1.50. The molecule has 0 saturated carbocycles. The second-order valence-electron chi connectivity index (χ2n) is 1.50. The molecule has 0 fully saturated rings. The van der Waals surface area contributed by atoms with Gasteiger partial charge < -0.3 is 33.0 Å². The first-order valence-corrected chi connectivity index (χ1v) is 4.05. The number of nitrogens with two attached hydrogens (primary N) is 2. The zero-order valence-corrected chi connectivity index (χ0v) is 11.6. The Morgan fingerprint density at radius 1 is 1.00 bits per heavy atom. The van der Waals surface area contributed by atoms with Crippen molar-refractivity contribution in [1.82, 2.24) is 10.9 Å². The summed E-state index contributed by atoms with van der Waals surface area (Å²) in [6.45, 7) is 0. The van der Waals surface area contributed by atoms with Crippen molar-refractivity contribution in [2.24, 2.45) is 11.5 Å². The molecular weight excluding hydrogens is 355 g/mol. The Labute approximate surface area is 126 Å². The predicted molar refractivity (Wildman–Crippen MR) is 68.4 cm³/mol. The quantitative estimate of drug-likeness (QED) is 0.0833. The molecule has 0 spiro atoms. The summed E-state index contributed by atoms with van der Waals surface area (Å²) in [6.07, 6.45) is 0. The van der Waals surface area contributed by atoms with E-state index in [1.807, 2.05) is 10.9 Å². The van der Waals surface area contributed by atoms with Crippen molar-refractivity contribution >= 4 is 34.7 Å². The molecule has 0 aromatic carbocycles. The summed E-state index contributed by atoms with van der Waals surface area (Å²) in [4.78, 5) is 16.7. The first-order chi connectivity index (χ1) is 8.00. The van der Waals surface area contributed by atoms with Gasteiger partial charge in [-0.2, -0.15) is 0 Å². The fourth-order valence-corrected chi connectivity index (χ4v) is 0. The summed E-state index contributed by atoms with van der Waals surface area (Å²) in [5.74, 6) is 12.3. The van der Waals surface area contributed by atoms with Crippen molar-refractivity contribution in [3.8, 4) is 0 Å². The Hall–Kier alpha value is -1.15. The maximum Gasteiger partial charge on any atom is 2.00 e. The molecule has 19 heavy (non-hydrogen) atoms. The fourth-order valence-electron chi connectivity index (χ4n) is 0. The second-order valence-corrected chi connectivity index (χ2v) is 2.46. The van der Waals surface area contributed by atoms with E-state index >= 15 is 0 Å². The number of nitrogens with one attached hydrogen (secondary N) is 4. The molecule has 14 nitrogen and oxygen atoms in total. The first-order valence-electron chi connectivity index (χ1n) is 3.15. The van der Waals surface area contributed by atoms with Crippen LogP contribution in [0.4, 0.5) is 0 Å². The van der Waals surface area contributed by atoms with Crippen LogP contribution in [-0.4, -0.2) is 30.8 Å². The smallest absolute Gasteiger partial charge is 0.603 e. The molecule has 115 valence electrons. The van der Waals surface area contributed by atoms with Crippen molar-refractivity contribution in [2.75, 3.05) is 0 Å². The molecule has 0 atom stereocenters. The molecule has 0 amide bonds. The van der Waals surface area contributed by atoms with Crippen molar-refractivity contribution in [1.29, 1.82) is 0 Å². The van der Waals surface area contributed by atoms with Crippen LogP contribution in [0.5, 0.6) is 0 Å². The van der Waals surface area contributed by atoms with Gasteiger partial charge in [-0.1, -0.05) is 0 Å². The van der Waals surface area contributed by atoms with Crippen LogP contribution in [-0.2, 0) is 41.2 Å². The van der Waals surface area contributed by atoms with E-state index in [0.29, 0.717) is 0 Å². The number of nitrogens with zero attached hydrogens (tertiary/aromatic N) is 2. The first kappa shape index (κ1) is 30.7. The van der Waals surface area contributed by atoms with Gasteiger partial charge in [0.15, 0.2) is 24.4 Å². The van der Waals surface area contributed by atoms with E-state index in [2.05, 4.69) is 24.4 Å². The van der Waals surface area contributed by atoms with Crippen LogP contribution in [0.3, 0.4) is 0 Å². The SMILES string of the molecule is O=[N+]([O-])O.O=[N+]([O-])O.[Co+2].[NH-]NC(N)=[SH+].[NH-]NC(N)=[SH+]. The summed E-state index contributed by atoms with van der Waals surface area (Å²) in [7, 11) is 0. The molecule has 0 aromatic heterocycles. The molecule has 1 radical (unpaired) electrons. The zero-order valence-electron chi connectivity index (χ0n) is 8.80. The van der Waals surface area contributed by atoms with Crippen LogP contribution >= 0.6 is 0 Å². The Morgan fingerprint density at radius 3 is 1.05 bits per heavy atom. The fraction of sp³-hybridized carbons (Fsp3) is 0. The van der Waals surface area contributed by atoms with Gasteiger partial charge in [-0.05, 0) is 0 Å². The van der Waals surface area contributed by atoms with E-state index in [0.717, 1.165) is 0 Å². The molecule has 0 rings (SSSR count). The summed E-state index contributed by atoms with van der Waals surface area (Å²) in [5, 5.41) is 27.5. The molecule has 0 aliphatic heterocycles. The predicted octanol–water partition coefficient (Wildman–Crippen LogP) is -2.96. The van der Waals surface area contributed by atoms with Crippen molar-refractivity contribution in [3.63, 3.8) is 0 Å². The molecule has 0 heterocycles. The van der Waals surface area contributed by atoms with Gasteiger partial charge in [0.05, 0.1) is 0 Å². The maximum atomic E-state index is 8.36. The molecule has 10 N–H and O–H groups in total. The van der Waals surface area contributed by atoms with E-state index in [1.165, 1.54) is 0 Å². The standard InChI is InChI=1S/2CH4N3S.Co.2HNO3/c2*2-1(5)4-3;;2*2-1(3)4/h2*3H,(H3,2,4,5);;2*(H,2,3,4)/q2*-1;+2;;/p+2. The van der Waals surface area contributed by atoms with Crippen LogP contribution in [0, 0.1) is 20.2 Å². The van der Waals surface area contributed by atoms with E-state index < -0.39 is 10.2 Å². The molecule has 0 aliphatic carbocycles. The zero-order chi connectivity index (χ0) is 15.7.